The van der Waals surface area contributed by atoms with E-state index in [0.29, 0.717) is 5.56 Å². The Morgan fingerprint density at radius 1 is 1.05 bits per heavy atom. The molecule has 1 N–H and O–H groups in total. The summed E-state index contributed by atoms with van der Waals surface area (Å²) >= 11 is 0. The van der Waals surface area contributed by atoms with Crippen LogP contribution in [0.1, 0.15) is 29.1 Å². The van der Waals surface area contributed by atoms with Gasteiger partial charge in [-0.1, -0.05) is 12.1 Å². The minimum atomic E-state index is -0.164. The molecule has 0 radical (unpaired) electrons. The van der Waals surface area contributed by atoms with Gasteiger partial charge in [0.15, 0.2) is 0 Å². The van der Waals surface area contributed by atoms with Gasteiger partial charge in [0, 0.05) is 18.0 Å². The lowest BCUT2D eigenvalue weighted by atomic mass is 10.0. The molecule has 0 bridgehead atoms. The van der Waals surface area contributed by atoms with Crippen LogP contribution in [-0.2, 0) is 0 Å². The van der Waals surface area contributed by atoms with Gasteiger partial charge < -0.3 is 9.73 Å². The van der Waals surface area contributed by atoms with Crippen LogP contribution in [0.4, 0.5) is 0 Å². The smallest absolute Gasteiger partial charge is 0.251 e. The van der Waals surface area contributed by atoms with Gasteiger partial charge in [-0.2, -0.15) is 0 Å². The molecule has 0 fully saturated rings. The summed E-state index contributed by atoms with van der Waals surface area (Å²) in [7, 11) is 0. The molecule has 110 valence electrons. The summed E-state index contributed by atoms with van der Waals surface area (Å²) in [4.78, 5) is 16.2. The highest BCUT2D eigenvalue weighted by molar-refractivity contribution is 5.94. The topological polar surface area (TPSA) is 55.1 Å². The van der Waals surface area contributed by atoms with Gasteiger partial charge in [0.1, 0.15) is 5.76 Å². The SMILES string of the molecule is CC(NC(=O)c1ccc(-c2ccncc2)cc1)c1ccco1. The Labute approximate surface area is 128 Å². The second-order valence-electron chi connectivity index (χ2n) is 5.02. The first-order valence-electron chi connectivity index (χ1n) is 7.09. The number of aromatic nitrogens is 1. The van der Waals surface area contributed by atoms with E-state index in [0.717, 1.165) is 16.9 Å². The number of amides is 1. The lowest BCUT2D eigenvalue weighted by Gasteiger charge is -2.11. The molecule has 0 aliphatic heterocycles. The van der Waals surface area contributed by atoms with E-state index in [1.807, 2.05) is 55.5 Å². The van der Waals surface area contributed by atoms with Crippen LogP contribution in [0.25, 0.3) is 11.1 Å². The zero-order valence-corrected chi connectivity index (χ0v) is 12.2. The number of pyridine rings is 1. The molecule has 1 aromatic carbocycles. The molecule has 3 aromatic rings. The first-order valence-corrected chi connectivity index (χ1v) is 7.09. The third-order valence-electron chi connectivity index (χ3n) is 3.48. The molecule has 3 rings (SSSR count). The lowest BCUT2D eigenvalue weighted by Crippen LogP contribution is -2.26. The van der Waals surface area contributed by atoms with Crippen molar-refractivity contribution in [3.05, 3.63) is 78.5 Å². The van der Waals surface area contributed by atoms with Gasteiger partial charge >= 0.3 is 0 Å². The molecule has 1 unspecified atom stereocenters. The number of rotatable bonds is 4. The number of hydrogen-bond donors (Lipinski definition) is 1. The predicted octanol–water partition coefficient (Wildman–Crippen LogP) is 3.83. The molecule has 2 heterocycles. The van der Waals surface area contributed by atoms with Crippen LogP contribution in [0, 0.1) is 0 Å². The minimum Gasteiger partial charge on any atom is -0.467 e. The normalized spacial score (nSPS) is 11.9. The van der Waals surface area contributed by atoms with Crippen LogP contribution in [0.3, 0.4) is 0 Å². The Morgan fingerprint density at radius 3 is 2.36 bits per heavy atom. The highest BCUT2D eigenvalue weighted by atomic mass is 16.3. The van der Waals surface area contributed by atoms with Gasteiger partial charge in [0.25, 0.3) is 5.91 Å². The summed E-state index contributed by atoms with van der Waals surface area (Å²) in [5, 5.41) is 2.92. The summed E-state index contributed by atoms with van der Waals surface area (Å²) < 4.78 is 5.29. The number of hydrogen-bond acceptors (Lipinski definition) is 3. The molecule has 4 nitrogen and oxygen atoms in total. The van der Waals surface area contributed by atoms with Crippen LogP contribution < -0.4 is 5.32 Å². The van der Waals surface area contributed by atoms with Gasteiger partial charge in [0.2, 0.25) is 0 Å². The standard InChI is InChI=1S/C18H16N2O2/c1-13(17-3-2-12-22-17)20-18(21)16-6-4-14(5-7-16)15-8-10-19-11-9-15/h2-13H,1H3,(H,20,21). The minimum absolute atomic E-state index is 0.120. The molecule has 1 amide bonds. The van der Waals surface area contributed by atoms with Crippen molar-refractivity contribution in [1.29, 1.82) is 0 Å². The quantitative estimate of drug-likeness (QED) is 0.795. The highest BCUT2D eigenvalue weighted by Crippen LogP contribution is 2.19. The molecule has 0 aliphatic rings. The van der Waals surface area contributed by atoms with E-state index in [-0.39, 0.29) is 11.9 Å². The van der Waals surface area contributed by atoms with Crippen molar-refractivity contribution >= 4 is 5.91 Å². The van der Waals surface area contributed by atoms with Crippen LogP contribution in [0.5, 0.6) is 0 Å². The Morgan fingerprint density at radius 2 is 1.73 bits per heavy atom. The predicted molar refractivity (Wildman–Crippen MR) is 84.3 cm³/mol. The second-order valence-corrected chi connectivity index (χ2v) is 5.02. The number of nitrogens with one attached hydrogen (secondary N) is 1. The van der Waals surface area contributed by atoms with Crippen LogP contribution in [0.2, 0.25) is 0 Å². The summed E-state index contributed by atoms with van der Waals surface area (Å²) in [6.45, 7) is 1.89. The van der Waals surface area contributed by atoms with Gasteiger partial charge in [0.05, 0.1) is 12.3 Å². The van der Waals surface area contributed by atoms with Gasteiger partial charge in [-0.15, -0.1) is 0 Å². The number of benzene rings is 1. The average Bonchev–Trinajstić information content (AvgIpc) is 3.10. The van der Waals surface area contributed by atoms with Crippen molar-refractivity contribution in [1.82, 2.24) is 10.3 Å². The fraction of sp³-hybridized carbons (Fsp3) is 0.111. The fourth-order valence-electron chi connectivity index (χ4n) is 2.25. The van der Waals surface area contributed by atoms with Gasteiger partial charge in [-0.25, -0.2) is 0 Å². The van der Waals surface area contributed by atoms with Crippen LogP contribution >= 0.6 is 0 Å². The van der Waals surface area contributed by atoms with Crippen LogP contribution in [-0.4, -0.2) is 10.9 Å². The van der Waals surface area contributed by atoms with E-state index in [1.54, 1.807) is 18.7 Å². The molecule has 0 saturated carbocycles. The maximum atomic E-state index is 12.2. The highest BCUT2D eigenvalue weighted by Gasteiger charge is 2.13. The van der Waals surface area contributed by atoms with Crippen molar-refractivity contribution in [3.63, 3.8) is 0 Å². The third-order valence-corrected chi connectivity index (χ3v) is 3.48. The van der Waals surface area contributed by atoms with E-state index in [2.05, 4.69) is 10.3 Å². The zero-order valence-electron chi connectivity index (χ0n) is 12.2. The molecule has 0 saturated heterocycles. The first kappa shape index (κ1) is 14.1. The summed E-state index contributed by atoms with van der Waals surface area (Å²) in [6, 6.07) is 14.9. The molecular formula is C18H16N2O2. The third kappa shape index (κ3) is 3.06. The monoisotopic (exact) mass is 292 g/mol. The van der Waals surface area contributed by atoms with Gasteiger partial charge in [-0.3, -0.25) is 9.78 Å². The summed E-state index contributed by atoms with van der Waals surface area (Å²) in [5.41, 5.74) is 2.75. The largest absolute Gasteiger partial charge is 0.467 e. The van der Waals surface area contributed by atoms with Crippen molar-refractivity contribution in [2.75, 3.05) is 0 Å². The van der Waals surface area contributed by atoms with E-state index in [9.17, 15) is 4.79 Å². The van der Waals surface area contributed by atoms with E-state index < -0.39 is 0 Å². The van der Waals surface area contributed by atoms with E-state index in [4.69, 9.17) is 4.42 Å². The fourth-order valence-corrected chi connectivity index (χ4v) is 2.25. The van der Waals surface area contributed by atoms with Crippen LogP contribution in [0.15, 0.2) is 71.6 Å². The average molecular weight is 292 g/mol. The zero-order chi connectivity index (χ0) is 15.4. The Kier molecular flexibility index (Phi) is 4.01. The molecule has 2 aromatic heterocycles. The number of carbonyl (C=O) groups is 1. The maximum absolute atomic E-state index is 12.2. The molecular weight excluding hydrogens is 276 g/mol. The van der Waals surface area contributed by atoms with E-state index in [1.165, 1.54) is 0 Å². The lowest BCUT2D eigenvalue weighted by molar-refractivity contribution is 0.0935. The Bertz CT molecular complexity index is 735. The molecule has 1 atom stereocenters. The molecule has 22 heavy (non-hydrogen) atoms. The van der Waals surface area contributed by atoms with E-state index >= 15 is 0 Å². The van der Waals surface area contributed by atoms with Crippen molar-refractivity contribution in [3.8, 4) is 11.1 Å². The molecule has 0 aliphatic carbocycles. The van der Waals surface area contributed by atoms with Crippen molar-refractivity contribution in [2.24, 2.45) is 0 Å². The summed E-state index contributed by atoms with van der Waals surface area (Å²) in [6.07, 6.45) is 5.10. The maximum Gasteiger partial charge on any atom is 0.251 e. The molecule has 4 heteroatoms. The van der Waals surface area contributed by atoms with Crippen molar-refractivity contribution in [2.45, 2.75) is 13.0 Å². The number of carbonyl (C=O) groups excluding carboxylic acids is 1. The number of nitrogens with zero attached hydrogens (tertiary/aromatic N) is 1. The summed E-state index contributed by atoms with van der Waals surface area (Å²) in [5.74, 6) is 0.618. The second kappa shape index (κ2) is 6.26. The van der Waals surface area contributed by atoms with Crippen molar-refractivity contribution < 1.29 is 9.21 Å². The number of furan rings is 1. The first-order chi connectivity index (χ1) is 10.7. The Hall–Kier alpha value is -2.88. The van der Waals surface area contributed by atoms with Gasteiger partial charge in [-0.05, 0) is 54.4 Å². The molecule has 0 spiro atoms. The Balaban J connectivity index is 1.71.